The van der Waals surface area contributed by atoms with Gasteiger partial charge in [-0.1, -0.05) is 15.9 Å². The first-order valence-electron chi connectivity index (χ1n) is 2.59. The minimum absolute atomic E-state index is 0.259. The lowest BCUT2D eigenvalue weighted by atomic mass is 10.3. The molecule has 1 saturated heterocycles. The van der Waals surface area contributed by atoms with E-state index in [4.69, 9.17) is 9.47 Å². The molecule has 3 heteroatoms. The second kappa shape index (κ2) is 2.80. The standard InChI is InChI=1S/C5H9BrO2/c1-7-5-3-8-2-4(5)6/h4-5H,2-3H2,1H3/t4-,5-/m0/s1. The maximum Gasteiger partial charge on any atom is 0.0951 e. The molecule has 0 N–H and O–H groups in total. The SMILES string of the molecule is CO[C@H]1COC[C@@H]1Br. The topological polar surface area (TPSA) is 18.5 Å². The Balaban J connectivity index is 2.30. The predicted molar refractivity (Wildman–Crippen MR) is 34.3 cm³/mol. The lowest BCUT2D eigenvalue weighted by Gasteiger charge is -2.07. The van der Waals surface area contributed by atoms with Gasteiger partial charge in [0.1, 0.15) is 0 Å². The molecule has 0 unspecified atom stereocenters. The normalized spacial score (nSPS) is 38.2. The molecule has 1 aliphatic heterocycles. The molecular formula is C5H9BrO2. The zero-order valence-electron chi connectivity index (χ0n) is 4.76. The van der Waals surface area contributed by atoms with Crippen LogP contribution in [0.3, 0.4) is 0 Å². The molecule has 0 spiro atoms. The molecule has 0 saturated carbocycles. The summed E-state index contributed by atoms with van der Waals surface area (Å²) in [5.41, 5.74) is 0. The molecular weight excluding hydrogens is 172 g/mol. The van der Waals surface area contributed by atoms with Gasteiger partial charge in [-0.15, -0.1) is 0 Å². The van der Waals surface area contributed by atoms with Crippen LogP contribution in [0, 0.1) is 0 Å². The van der Waals surface area contributed by atoms with E-state index < -0.39 is 0 Å². The quantitative estimate of drug-likeness (QED) is 0.557. The highest BCUT2D eigenvalue weighted by atomic mass is 79.9. The van der Waals surface area contributed by atoms with E-state index in [1.54, 1.807) is 7.11 Å². The molecule has 1 aliphatic rings. The molecule has 1 fully saturated rings. The first-order chi connectivity index (χ1) is 3.84. The summed E-state index contributed by atoms with van der Waals surface area (Å²) in [5.74, 6) is 0. The van der Waals surface area contributed by atoms with E-state index in [2.05, 4.69) is 15.9 Å². The number of hydrogen-bond donors (Lipinski definition) is 0. The molecule has 1 heterocycles. The fraction of sp³-hybridized carbons (Fsp3) is 1.00. The van der Waals surface area contributed by atoms with Crippen LogP contribution >= 0.6 is 15.9 Å². The van der Waals surface area contributed by atoms with Gasteiger partial charge in [-0.25, -0.2) is 0 Å². The largest absolute Gasteiger partial charge is 0.378 e. The smallest absolute Gasteiger partial charge is 0.0951 e. The number of methoxy groups -OCH3 is 1. The van der Waals surface area contributed by atoms with Crippen molar-refractivity contribution in [1.82, 2.24) is 0 Å². The van der Waals surface area contributed by atoms with Crippen LogP contribution < -0.4 is 0 Å². The summed E-state index contributed by atoms with van der Waals surface area (Å²) < 4.78 is 10.1. The highest BCUT2D eigenvalue weighted by molar-refractivity contribution is 9.09. The van der Waals surface area contributed by atoms with Gasteiger partial charge in [-0.3, -0.25) is 0 Å². The molecule has 0 aliphatic carbocycles. The minimum Gasteiger partial charge on any atom is -0.378 e. The summed E-state index contributed by atoms with van der Waals surface area (Å²) in [4.78, 5) is 0.396. The van der Waals surface area contributed by atoms with Crippen LogP contribution in [-0.2, 0) is 9.47 Å². The Kier molecular flexibility index (Phi) is 2.28. The van der Waals surface area contributed by atoms with Gasteiger partial charge in [-0.2, -0.15) is 0 Å². The van der Waals surface area contributed by atoms with Gasteiger partial charge >= 0.3 is 0 Å². The summed E-state index contributed by atoms with van der Waals surface area (Å²) in [6, 6.07) is 0. The Bertz CT molecular complexity index is 76.8. The molecule has 0 aromatic rings. The Morgan fingerprint density at radius 1 is 1.62 bits per heavy atom. The van der Waals surface area contributed by atoms with Crippen molar-refractivity contribution in [2.45, 2.75) is 10.9 Å². The molecule has 48 valence electrons. The lowest BCUT2D eigenvalue weighted by molar-refractivity contribution is 0.0839. The maximum absolute atomic E-state index is 5.09. The number of halogens is 1. The van der Waals surface area contributed by atoms with E-state index in [1.807, 2.05) is 0 Å². The molecule has 1 rings (SSSR count). The summed E-state index contributed by atoms with van der Waals surface area (Å²) >= 11 is 3.41. The second-order valence-electron chi connectivity index (χ2n) is 1.83. The number of ether oxygens (including phenoxy) is 2. The first-order valence-corrected chi connectivity index (χ1v) is 3.51. The van der Waals surface area contributed by atoms with Crippen molar-refractivity contribution >= 4 is 15.9 Å². The molecule has 0 radical (unpaired) electrons. The van der Waals surface area contributed by atoms with Crippen molar-refractivity contribution in [3.8, 4) is 0 Å². The summed E-state index contributed by atoms with van der Waals surface area (Å²) in [5, 5.41) is 0. The third-order valence-electron chi connectivity index (χ3n) is 1.27. The third-order valence-corrected chi connectivity index (χ3v) is 2.12. The summed E-state index contributed by atoms with van der Waals surface area (Å²) in [7, 11) is 1.70. The Morgan fingerprint density at radius 3 is 2.62 bits per heavy atom. The lowest BCUT2D eigenvalue weighted by Crippen LogP contribution is -2.19. The highest BCUT2D eigenvalue weighted by Crippen LogP contribution is 2.15. The molecule has 0 aromatic carbocycles. The monoisotopic (exact) mass is 180 g/mol. The first kappa shape index (κ1) is 6.52. The van der Waals surface area contributed by atoms with Crippen LogP contribution in [-0.4, -0.2) is 31.3 Å². The van der Waals surface area contributed by atoms with Crippen LogP contribution in [0.25, 0.3) is 0 Å². The Labute approximate surface area is 57.3 Å². The average Bonchev–Trinajstić information content (AvgIpc) is 2.14. The fourth-order valence-electron chi connectivity index (χ4n) is 0.724. The highest BCUT2D eigenvalue weighted by Gasteiger charge is 2.24. The number of alkyl halides is 1. The van der Waals surface area contributed by atoms with Crippen molar-refractivity contribution in [3.05, 3.63) is 0 Å². The van der Waals surface area contributed by atoms with Gasteiger partial charge in [0.25, 0.3) is 0 Å². The average molecular weight is 181 g/mol. The molecule has 8 heavy (non-hydrogen) atoms. The molecule has 0 bridgehead atoms. The Hall–Kier alpha value is 0.400. The molecule has 0 aromatic heterocycles. The van der Waals surface area contributed by atoms with Crippen LogP contribution in [0.4, 0.5) is 0 Å². The maximum atomic E-state index is 5.09. The zero-order valence-corrected chi connectivity index (χ0v) is 6.35. The van der Waals surface area contributed by atoms with Crippen molar-refractivity contribution in [2.24, 2.45) is 0 Å². The van der Waals surface area contributed by atoms with E-state index in [0.29, 0.717) is 4.83 Å². The van der Waals surface area contributed by atoms with E-state index in [1.165, 1.54) is 0 Å². The van der Waals surface area contributed by atoms with E-state index in [-0.39, 0.29) is 6.10 Å². The van der Waals surface area contributed by atoms with Crippen molar-refractivity contribution in [1.29, 1.82) is 0 Å². The van der Waals surface area contributed by atoms with Gasteiger partial charge in [0.05, 0.1) is 24.1 Å². The third kappa shape index (κ3) is 1.21. The van der Waals surface area contributed by atoms with Gasteiger partial charge in [0.2, 0.25) is 0 Å². The predicted octanol–water partition coefficient (Wildman–Crippen LogP) is 0.795. The van der Waals surface area contributed by atoms with Crippen LogP contribution in [0.1, 0.15) is 0 Å². The van der Waals surface area contributed by atoms with Crippen molar-refractivity contribution < 1.29 is 9.47 Å². The second-order valence-corrected chi connectivity index (χ2v) is 3.00. The molecule has 2 atom stereocenters. The van der Waals surface area contributed by atoms with Gasteiger partial charge in [0.15, 0.2) is 0 Å². The number of hydrogen-bond acceptors (Lipinski definition) is 2. The fourth-order valence-corrected chi connectivity index (χ4v) is 1.28. The van der Waals surface area contributed by atoms with Crippen LogP contribution in [0.15, 0.2) is 0 Å². The van der Waals surface area contributed by atoms with Gasteiger partial charge < -0.3 is 9.47 Å². The number of rotatable bonds is 1. The molecule has 2 nitrogen and oxygen atoms in total. The summed E-state index contributed by atoms with van der Waals surface area (Å²) in [6.45, 7) is 1.50. The van der Waals surface area contributed by atoms with Gasteiger partial charge in [0, 0.05) is 7.11 Å². The van der Waals surface area contributed by atoms with Crippen LogP contribution in [0.5, 0.6) is 0 Å². The summed E-state index contributed by atoms with van der Waals surface area (Å²) in [6.07, 6.45) is 0.259. The van der Waals surface area contributed by atoms with E-state index >= 15 is 0 Å². The van der Waals surface area contributed by atoms with Crippen molar-refractivity contribution in [3.63, 3.8) is 0 Å². The van der Waals surface area contributed by atoms with Gasteiger partial charge in [-0.05, 0) is 0 Å². The van der Waals surface area contributed by atoms with Crippen molar-refractivity contribution in [2.75, 3.05) is 20.3 Å². The Morgan fingerprint density at radius 2 is 2.38 bits per heavy atom. The minimum atomic E-state index is 0.259. The van der Waals surface area contributed by atoms with E-state index in [0.717, 1.165) is 13.2 Å². The van der Waals surface area contributed by atoms with Crippen LogP contribution in [0.2, 0.25) is 0 Å². The molecule has 0 amide bonds. The van der Waals surface area contributed by atoms with E-state index in [9.17, 15) is 0 Å². The zero-order chi connectivity index (χ0) is 5.98.